The second-order valence-corrected chi connectivity index (χ2v) is 4.78. The average Bonchev–Trinajstić information content (AvgIpc) is 2.52. The zero-order valence-electron chi connectivity index (χ0n) is 12.1. The Morgan fingerprint density at radius 2 is 1.95 bits per heavy atom. The number of benzene rings is 2. The molecule has 0 radical (unpaired) electrons. The Morgan fingerprint density at radius 1 is 1.24 bits per heavy atom. The second-order valence-electron chi connectivity index (χ2n) is 4.78. The Balaban J connectivity index is 2.07. The summed E-state index contributed by atoms with van der Waals surface area (Å²) < 4.78 is 18.8. The van der Waals surface area contributed by atoms with E-state index in [1.807, 2.05) is 37.4 Å². The first-order valence-electron chi connectivity index (χ1n) is 6.72. The van der Waals surface area contributed by atoms with Gasteiger partial charge in [-0.05, 0) is 49.9 Å². The summed E-state index contributed by atoms with van der Waals surface area (Å²) in [5.74, 6) is 0.320. The maximum Gasteiger partial charge on any atom is 0.123 e. The van der Waals surface area contributed by atoms with Gasteiger partial charge in [-0.3, -0.25) is 0 Å². The first kappa shape index (κ1) is 15.0. The van der Waals surface area contributed by atoms with Crippen LogP contribution in [-0.2, 0) is 6.61 Å². The van der Waals surface area contributed by atoms with E-state index in [2.05, 4.69) is 12.2 Å². The third-order valence-corrected chi connectivity index (χ3v) is 3.40. The van der Waals surface area contributed by atoms with Crippen molar-refractivity contribution in [2.45, 2.75) is 19.6 Å². The summed E-state index contributed by atoms with van der Waals surface area (Å²) >= 11 is 0. The van der Waals surface area contributed by atoms with Gasteiger partial charge in [0.2, 0.25) is 0 Å². The predicted octanol–water partition coefficient (Wildman–Crippen LogP) is 3.56. The fourth-order valence-electron chi connectivity index (χ4n) is 1.97. The van der Waals surface area contributed by atoms with Crippen LogP contribution in [0.1, 0.15) is 29.7 Å². The van der Waals surface area contributed by atoms with Gasteiger partial charge in [0.1, 0.15) is 18.2 Å². The molecule has 0 aromatic heterocycles. The third kappa shape index (κ3) is 3.80. The van der Waals surface area contributed by atoms with Gasteiger partial charge in [-0.15, -0.1) is 0 Å². The van der Waals surface area contributed by atoms with E-state index < -0.39 is 0 Å². The van der Waals surface area contributed by atoms with Crippen LogP contribution in [0.25, 0.3) is 0 Å². The molecule has 2 aromatic rings. The van der Waals surface area contributed by atoms with E-state index in [0.717, 1.165) is 5.56 Å². The Hall–Kier alpha value is -2.38. The van der Waals surface area contributed by atoms with Crippen molar-refractivity contribution in [3.8, 4) is 11.8 Å². The van der Waals surface area contributed by atoms with Crippen LogP contribution in [0.15, 0.2) is 42.5 Å². The van der Waals surface area contributed by atoms with Gasteiger partial charge < -0.3 is 10.1 Å². The topological polar surface area (TPSA) is 45.0 Å². The van der Waals surface area contributed by atoms with Gasteiger partial charge in [-0.25, -0.2) is 4.39 Å². The normalized spacial score (nSPS) is 11.7. The van der Waals surface area contributed by atoms with Crippen molar-refractivity contribution in [1.82, 2.24) is 5.32 Å². The molecular weight excluding hydrogens is 267 g/mol. The minimum atomic E-state index is -0.370. The molecule has 3 nitrogen and oxygen atoms in total. The molecule has 2 aromatic carbocycles. The lowest BCUT2D eigenvalue weighted by molar-refractivity contribution is 0.305. The molecule has 1 atom stereocenters. The summed E-state index contributed by atoms with van der Waals surface area (Å²) in [7, 11) is 1.91. The van der Waals surface area contributed by atoms with E-state index in [0.29, 0.717) is 16.9 Å². The Bertz CT molecular complexity index is 647. The van der Waals surface area contributed by atoms with E-state index in [-0.39, 0.29) is 18.5 Å². The van der Waals surface area contributed by atoms with Crippen LogP contribution in [0.2, 0.25) is 0 Å². The molecule has 1 N–H and O–H groups in total. The SMILES string of the molecule is CNC(C)c1ccc(OCc2cc(F)ccc2C#N)cc1. The molecule has 0 bridgehead atoms. The van der Waals surface area contributed by atoms with Crippen LogP contribution in [-0.4, -0.2) is 7.05 Å². The molecule has 0 saturated heterocycles. The average molecular weight is 284 g/mol. The molecule has 2 rings (SSSR count). The van der Waals surface area contributed by atoms with Gasteiger partial charge >= 0.3 is 0 Å². The van der Waals surface area contributed by atoms with Gasteiger partial charge in [0, 0.05) is 11.6 Å². The standard InChI is InChI=1S/C17H17FN2O/c1-12(20-2)13-4-7-17(8-5-13)21-11-15-9-16(18)6-3-14(15)10-19/h3-9,12,20H,11H2,1-2H3. The van der Waals surface area contributed by atoms with Gasteiger partial charge in [0.15, 0.2) is 0 Å². The molecular formula is C17H17FN2O. The predicted molar refractivity (Wildman–Crippen MR) is 79.4 cm³/mol. The lowest BCUT2D eigenvalue weighted by atomic mass is 10.1. The van der Waals surface area contributed by atoms with E-state index >= 15 is 0 Å². The molecule has 0 spiro atoms. The highest BCUT2D eigenvalue weighted by atomic mass is 19.1. The maximum absolute atomic E-state index is 13.2. The highest BCUT2D eigenvalue weighted by molar-refractivity contribution is 5.38. The Labute approximate surface area is 124 Å². The van der Waals surface area contributed by atoms with Crippen LogP contribution in [0.4, 0.5) is 4.39 Å². The number of nitriles is 1. The van der Waals surface area contributed by atoms with Crippen molar-refractivity contribution in [2.75, 3.05) is 7.05 Å². The Kier molecular flexibility index (Phi) is 4.91. The van der Waals surface area contributed by atoms with Gasteiger partial charge in [0.05, 0.1) is 11.6 Å². The highest BCUT2D eigenvalue weighted by Gasteiger charge is 2.06. The van der Waals surface area contributed by atoms with Crippen LogP contribution in [0.5, 0.6) is 5.75 Å². The summed E-state index contributed by atoms with van der Waals surface area (Å²) in [5.41, 5.74) is 2.13. The van der Waals surface area contributed by atoms with Crippen LogP contribution in [0, 0.1) is 17.1 Å². The van der Waals surface area contributed by atoms with Crippen LogP contribution < -0.4 is 10.1 Å². The largest absolute Gasteiger partial charge is 0.489 e. The fourth-order valence-corrected chi connectivity index (χ4v) is 1.97. The summed E-state index contributed by atoms with van der Waals surface area (Å²) in [5, 5.41) is 12.2. The quantitative estimate of drug-likeness (QED) is 0.913. The number of halogens is 1. The zero-order valence-corrected chi connectivity index (χ0v) is 12.1. The van der Waals surface area contributed by atoms with Crippen molar-refractivity contribution in [3.05, 3.63) is 65.0 Å². The molecule has 0 fully saturated rings. The lowest BCUT2D eigenvalue weighted by Crippen LogP contribution is -2.11. The molecule has 1 unspecified atom stereocenters. The minimum Gasteiger partial charge on any atom is -0.489 e. The first-order chi connectivity index (χ1) is 10.1. The van der Waals surface area contributed by atoms with Crippen LogP contribution >= 0.6 is 0 Å². The van der Waals surface area contributed by atoms with Gasteiger partial charge in [0.25, 0.3) is 0 Å². The van der Waals surface area contributed by atoms with Crippen molar-refractivity contribution >= 4 is 0 Å². The fraction of sp³-hybridized carbons (Fsp3) is 0.235. The molecule has 108 valence electrons. The van der Waals surface area contributed by atoms with Crippen molar-refractivity contribution < 1.29 is 9.13 Å². The summed E-state index contributed by atoms with van der Waals surface area (Å²) in [4.78, 5) is 0. The van der Waals surface area contributed by atoms with Crippen molar-refractivity contribution in [1.29, 1.82) is 5.26 Å². The molecule has 21 heavy (non-hydrogen) atoms. The molecule has 0 aliphatic heterocycles. The van der Waals surface area contributed by atoms with Gasteiger partial charge in [-0.1, -0.05) is 12.1 Å². The highest BCUT2D eigenvalue weighted by Crippen LogP contribution is 2.19. The number of nitrogens with one attached hydrogen (secondary N) is 1. The number of hydrogen-bond donors (Lipinski definition) is 1. The smallest absolute Gasteiger partial charge is 0.123 e. The molecule has 0 aliphatic carbocycles. The van der Waals surface area contributed by atoms with Crippen molar-refractivity contribution in [2.24, 2.45) is 0 Å². The minimum absolute atomic E-state index is 0.168. The van der Waals surface area contributed by atoms with E-state index in [4.69, 9.17) is 10.00 Å². The first-order valence-corrected chi connectivity index (χ1v) is 6.72. The second kappa shape index (κ2) is 6.87. The lowest BCUT2D eigenvalue weighted by Gasteiger charge is -2.12. The monoisotopic (exact) mass is 284 g/mol. The number of ether oxygens (including phenoxy) is 1. The zero-order chi connectivity index (χ0) is 15.2. The molecule has 4 heteroatoms. The summed E-state index contributed by atoms with van der Waals surface area (Å²) in [6.45, 7) is 2.24. The summed E-state index contributed by atoms with van der Waals surface area (Å²) in [6, 6.07) is 14.1. The Morgan fingerprint density at radius 3 is 2.57 bits per heavy atom. The van der Waals surface area contributed by atoms with E-state index in [9.17, 15) is 4.39 Å². The molecule has 0 aliphatic rings. The van der Waals surface area contributed by atoms with E-state index in [1.165, 1.54) is 18.2 Å². The molecule has 0 saturated carbocycles. The summed E-state index contributed by atoms with van der Waals surface area (Å²) in [6.07, 6.45) is 0. The van der Waals surface area contributed by atoms with E-state index in [1.54, 1.807) is 0 Å². The number of hydrogen-bond acceptors (Lipinski definition) is 3. The number of rotatable bonds is 5. The molecule has 0 amide bonds. The van der Waals surface area contributed by atoms with Crippen LogP contribution in [0.3, 0.4) is 0 Å². The third-order valence-electron chi connectivity index (χ3n) is 3.40. The van der Waals surface area contributed by atoms with Crippen molar-refractivity contribution in [3.63, 3.8) is 0 Å². The molecule has 0 heterocycles. The van der Waals surface area contributed by atoms with Gasteiger partial charge in [-0.2, -0.15) is 5.26 Å². The number of nitrogens with zero attached hydrogens (tertiary/aromatic N) is 1. The maximum atomic E-state index is 13.2.